The minimum Gasteiger partial charge on any atom is -0.444 e. The lowest BCUT2D eigenvalue weighted by atomic mass is 9.89. The van der Waals surface area contributed by atoms with Gasteiger partial charge in [0.15, 0.2) is 0 Å². The van der Waals surface area contributed by atoms with Crippen molar-refractivity contribution in [3.63, 3.8) is 0 Å². The molecule has 0 spiro atoms. The van der Waals surface area contributed by atoms with Gasteiger partial charge >= 0.3 is 6.09 Å². The van der Waals surface area contributed by atoms with Gasteiger partial charge in [-0.1, -0.05) is 6.92 Å². The van der Waals surface area contributed by atoms with Gasteiger partial charge in [-0.25, -0.2) is 4.79 Å². The molecule has 2 aliphatic heterocycles. The first-order valence-electron chi connectivity index (χ1n) is 8.59. The molecule has 5 nitrogen and oxygen atoms in total. The third-order valence-electron chi connectivity index (χ3n) is 4.59. The van der Waals surface area contributed by atoms with Crippen molar-refractivity contribution >= 4 is 12.0 Å². The smallest absolute Gasteiger partial charge is 0.410 e. The summed E-state index contributed by atoms with van der Waals surface area (Å²) >= 11 is 0. The van der Waals surface area contributed by atoms with Crippen LogP contribution in [0.2, 0.25) is 0 Å². The predicted molar refractivity (Wildman–Crippen MR) is 85.6 cm³/mol. The van der Waals surface area contributed by atoms with Crippen LogP contribution in [-0.2, 0) is 9.53 Å². The molecule has 0 bridgehead atoms. The van der Waals surface area contributed by atoms with Crippen LogP contribution in [0.5, 0.6) is 0 Å². The number of hydrogen-bond donors (Lipinski definition) is 0. The first kappa shape index (κ1) is 17.1. The lowest BCUT2D eigenvalue weighted by Crippen LogP contribution is -2.48. The van der Waals surface area contributed by atoms with E-state index in [1.165, 1.54) is 6.42 Å². The predicted octanol–water partition coefficient (Wildman–Crippen LogP) is 3.03. The maximum absolute atomic E-state index is 12.2. The quantitative estimate of drug-likeness (QED) is 0.787. The van der Waals surface area contributed by atoms with E-state index in [-0.39, 0.29) is 12.0 Å². The van der Waals surface area contributed by atoms with Crippen molar-refractivity contribution in [3.05, 3.63) is 0 Å². The Bertz CT molecular complexity index is 417. The average molecular weight is 310 g/mol. The number of rotatable bonds is 2. The summed E-state index contributed by atoms with van der Waals surface area (Å²) in [6.45, 7) is 9.93. The van der Waals surface area contributed by atoms with Crippen molar-refractivity contribution in [1.29, 1.82) is 0 Å². The van der Waals surface area contributed by atoms with Crippen LogP contribution in [0.1, 0.15) is 59.8 Å². The summed E-state index contributed by atoms with van der Waals surface area (Å²) in [6, 6.07) is 0.300. The standard InChI is InChI=1S/C17H30N2O3/c1-5-15(20)19-10-7-6-8-14(19)13-9-11-18(12-13)16(21)22-17(2,3)4/h13-14H,5-12H2,1-4H3. The number of carbonyl (C=O) groups is 2. The summed E-state index contributed by atoms with van der Waals surface area (Å²) in [4.78, 5) is 28.2. The van der Waals surface area contributed by atoms with E-state index >= 15 is 0 Å². The van der Waals surface area contributed by atoms with E-state index in [4.69, 9.17) is 4.74 Å². The zero-order valence-electron chi connectivity index (χ0n) is 14.4. The summed E-state index contributed by atoms with van der Waals surface area (Å²) in [6.07, 6.45) is 4.67. The van der Waals surface area contributed by atoms with Gasteiger partial charge in [-0.15, -0.1) is 0 Å². The molecule has 126 valence electrons. The molecule has 2 saturated heterocycles. The second kappa shape index (κ2) is 6.88. The molecule has 2 rings (SSSR count). The Hall–Kier alpha value is -1.26. The highest BCUT2D eigenvalue weighted by atomic mass is 16.6. The van der Waals surface area contributed by atoms with Gasteiger partial charge in [0.1, 0.15) is 5.60 Å². The first-order chi connectivity index (χ1) is 10.3. The fourth-order valence-electron chi connectivity index (χ4n) is 3.55. The third kappa shape index (κ3) is 4.14. The van der Waals surface area contributed by atoms with Crippen molar-refractivity contribution in [3.8, 4) is 0 Å². The second-order valence-corrected chi connectivity index (χ2v) is 7.48. The number of hydrogen-bond acceptors (Lipinski definition) is 3. The van der Waals surface area contributed by atoms with Crippen LogP contribution in [0.3, 0.4) is 0 Å². The minimum atomic E-state index is -0.454. The Labute approximate surface area is 134 Å². The fraction of sp³-hybridized carbons (Fsp3) is 0.882. The zero-order chi connectivity index (χ0) is 16.3. The topological polar surface area (TPSA) is 49.9 Å². The van der Waals surface area contributed by atoms with E-state index in [1.54, 1.807) is 4.90 Å². The highest BCUT2D eigenvalue weighted by Crippen LogP contribution is 2.31. The van der Waals surface area contributed by atoms with E-state index in [2.05, 4.69) is 4.90 Å². The molecule has 0 aliphatic carbocycles. The van der Waals surface area contributed by atoms with Crippen LogP contribution in [0.4, 0.5) is 4.79 Å². The van der Waals surface area contributed by atoms with Crippen molar-refractivity contribution in [2.24, 2.45) is 5.92 Å². The molecule has 2 amide bonds. The zero-order valence-corrected chi connectivity index (χ0v) is 14.4. The van der Waals surface area contributed by atoms with E-state index in [0.29, 0.717) is 24.9 Å². The van der Waals surface area contributed by atoms with E-state index < -0.39 is 5.60 Å². The number of amides is 2. The Kier molecular flexibility index (Phi) is 5.35. The van der Waals surface area contributed by atoms with Crippen molar-refractivity contribution in [2.45, 2.75) is 71.4 Å². The molecule has 0 radical (unpaired) electrons. The molecular formula is C17H30N2O3. The van der Waals surface area contributed by atoms with Crippen molar-refractivity contribution in [1.82, 2.24) is 9.80 Å². The largest absolute Gasteiger partial charge is 0.444 e. The van der Waals surface area contributed by atoms with Crippen LogP contribution in [0.15, 0.2) is 0 Å². The molecule has 0 N–H and O–H groups in total. The molecule has 2 atom stereocenters. The molecule has 2 fully saturated rings. The number of ether oxygens (including phenoxy) is 1. The van der Waals surface area contributed by atoms with E-state index in [0.717, 1.165) is 32.4 Å². The van der Waals surface area contributed by atoms with Gasteiger partial charge in [-0.2, -0.15) is 0 Å². The van der Waals surface area contributed by atoms with Crippen LogP contribution >= 0.6 is 0 Å². The third-order valence-corrected chi connectivity index (χ3v) is 4.59. The summed E-state index contributed by atoms with van der Waals surface area (Å²) < 4.78 is 5.46. The van der Waals surface area contributed by atoms with Gasteiger partial charge in [0.25, 0.3) is 0 Å². The highest BCUT2D eigenvalue weighted by Gasteiger charge is 2.38. The molecule has 0 aromatic carbocycles. The minimum absolute atomic E-state index is 0.223. The van der Waals surface area contributed by atoms with Gasteiger partial charge in [-0.3, -0.25) is 4.79 Å². The van der Waals surface area contributed by atoms with Gasteiger partial charge in [0.05, 0.1) is 0 Å². The lowest BCUT2D eigenvalue weighted by molar-refractivity contribution is -0.135. The SMILES string of the molecule is CCC(=O)N1CCCCC1C1CCN(C(=O)OC(C)(C)C)C1. The van der Waals surface area contributed by atoms with Gasteiger partial charge in [-0.05, 0) is 52.4 Å². The van der Waals surface area contributed by atoms with Crippen LogP contribution in [-0.4, -0.2) is 53.1 Å². The van der Waals surface area contributed by atoms with Gasteiger partial charge in [0, 0.05) is 32.1 Å². The summed E-state index contributed by atoms with van der Waals surface area (Å²) in [5.74, 6) is 0.642. The summed E-state index contributed by atoms with van der Waals surface area (Å²) in [7, 11) is 0. The molecular weight excluding hydrogens is 280 g/mol. The van der Waals surface area contributed by atoms with Crippen LogP contribution < -0.4 is 0 Å². The number of carbonyl (C=O) groups excluding carboxylic acids is 2. The number of likely N-dealkylation sites (tertiary alicyclic amines) is 2. The molecule has 2 aliphatic rings. The fourth-order valence-corrected chi connectivity index (χ4v) is 3.55. The first-order valence-corrected chi connectivity index (χ1v) is 8.59. The summed E-state index contributed by atoms with van der Waals surface area (Å²) in [5, 5.41) is 0. The van der Waals surface area contributed by atoms with Crippen LogP contribution in [0.25, 0.3) is 0 Å². The summed E-state index contributed by atoms with van der Waals surface area (Å²) in [5.41, 5.74) is -0.454. The Morgan fingerprint density at radius 3 is 2.50 bits per heavy atom. The molecule has 0 aromatic rings. The van der Waals surface area contributed by atoms with E-state index in [1.807, 2.05) is 27.7 Å². The monoisotopic (exact) mass is 310 g/mol. The molecule has 5 heteroatoms. The maximum atomic E-state index is 12.2. The van der Waals surface area contributed by atoms with E-state index in [9.17, 15) is 9.59 Å². The van der Waals surface area contributed by atoms with Crippen molar-refractivity contribution < 1.29 is 14.3 Å². The lowest BCUT2D eigenvalue weighted by Gasteiger charge is -2.39. The molecule has 0 saturated carbocycles. The maximum Gasteiger partial charge on any atom is 0.410 e. The van der Waals surface area contributed by atoms with Gasteiger partial charge in [0.2, 0.25) is 5.91 Å². The Morgan fingerprint density at radius 1 is 1.14 bits per heavy atom. The van der Waals surface area contributed by atoms with Crippen LogP contribution in [0, 0.1) is 5.92 Å². The molecule has 2 heterocycles. The molecule has 22 heavy (non-hydrogen) atoms. The number of nitrogens with zero attached hydrogens (tertiary/aromatic N) is 2. The Morgan fingerprint density at radius 2 is 1.86 bits per heavy atom. The molecule has 2 unspecified atom stereocenters. The Balaban J connectivity index is 1.96. The molecule has 0 aromatic heterocycles. The van der Waals surface area contributed by atoms with Crippen molar-refractivity contribution in [2.75, 3.05) is 19.6 Å². The second-order valence-electron chi connectivity index (χ2n) is 7.48. The highest BCUT2D eigenvalue weighted by molar-refractivity contribution is 5.76. The number of piperidine rings is 1. The average Bonchev–Trinajstić information content (AvgIpc) is 2.94. The van der Waals surface area contributed by atoms with Gasteiger partial charge < -0.3 is 14.5 Å². The normalized spacial score (nSPS) is 26.2.